The van der Waals surface area contributed by atoms with E-state index in [1.807, 2.05) is 0 Å². The SMILES string of the molecule is NCc1c(-c2cnccn2)n[nH]c1C1CC1. The van der Waals surface area contributed by atoms with Gasteiger partial charge in [0, 0.05) is 36.1 Å². The van der Waals surface area contributed by atoms with Crippen molar-refractivity contribution < 1.29 is 0 Å². The third-order valence-electron chi connectivity index (χ3n) is 2.89. The predicted molar refractivity (Wildman–Crippen MR) is 59.5 cm³/mol. The molecule has 0 spiro atoms. The maximum atomic E-state index is 5.79. The van der Waals surface area contributed by atoms with Crippen LogP contribution in [0.3, 0.4) is 0 Å². The van der Waals surface area contributed by atoms with Gasteiger partial charge in [0.25, 0.3) is 0 Å². The van der Waals surface area contributed by atoms with Crippen molar-refractivity contribution in [1.29, 1.82) is 0 Å². The number of aromatic nitrogens is 4. The lowest BCUT2D eigenvalue weighted by atomic mass is 10.1. The molecule has 2 aromatic rings. The van der Waals surface area contributed by atoms with Gasteiger partial charge in [-0.05, 0) is 12.8 Å². The fourth-order valence-electron chi connectivity index (χ4n) is 1.93. The fraction of sp³-hybridized carbons (Fsp3) is 0.364. The van der Waals surface area contributed by atoms with Crippen LogP contribution in [-0.4, -0.2) is 20.2 Å². The predicted octanol–water partition coefficient (Wildman–Crippen LogP) is 1.20. The average Bonchev–Trinajstić information content (AvgIpc) is 3.09. The maximum absolute atomic E-state index is 5.79. The Hall–Kier alpha value is -1.75. The van der Waals surface area contributed by atoms with Crippen LogP contribution in [0, 0.1) is 0 Å². The fourth-order valence-corrected chi connectivity index (χ4v) is 1.93. The highest BCUT2D eigenvalue weighted by atomic mass is 15.1. The molecule has 0 amide bonds. The maximum Gasteiger partial charge on any atom is 0.117 e. The summed E-state index contributed by atoms with van der Waals surface area (Å²) in [5.74, 6) is 0.622. The first-order chi connectivity index (χ1) is 7.90. The Morgan fingerprint density at radius 1 is 1.38 bits per heavy atom. The Morgan fingerprint density at radius 3 is 2.88 bits per heavy atom. The Balaban J connectivity index is 2.07. The second kappa shape index (κ2) is 3.68. The zero-order valence-corrected chi connectivity index (χ0v) is 8.85. The van der Waals surface area contributed by atoms with Gasteiger partial charge >= 0.3 is 0 Å². The molecule has 3 rings (SSSR count). The molecule has 0 saturated heterocycles. The van der Waals surface area contributed by atoms with Crippen LogP contribution in [0.4, 0.5) is 0 Å². The van der Waals surface area contributed by atoms with E-state index in [0.717, 1.165) is 17.0 Å². The molecule has 5 nitrogen and oxygen atoms in total. The molecule has 2 aromatic heterocycles. The summed E-state index contributed by atoms with van der Waals surface area (Å²) in [5.41, 5.74) is 9.69. The smallest absolute Gasteiger partial charge is 0.117 e. The van der Waals surface area contributed by atoms with Gasteiger partial charge in [-0.1, -0.05) is 0 Å². The second-order valence-corrected chi connectivity index (χ2v) is 4.03. The van der Waals surface area contributed by atoms with Crippen LogP contribution in [0.5, 0.6) is 0 Å². The van der Waals surface area contributed by atoms with Gasteiger partial charge in [-0.25, -0.2) is 0 Å². The summed E-state index contributed by atoms with van der Waals surface area (Å²) in [7, 11) is 0. The Kier molecular flexibility index (Phi) is 2.18. The molecular weight excluding hydrogens is 202 g/mol. The molecular formula is C11H13N5. The van der Waals surface area contributed by atoms with Crippen molar-refractivity contribution in [2.45, 2.75) is 25.3 Å². The van der Waals surface area contributed by atoms with Gasteiger partial charge in [0.1, 0.15) is 11.4 Å². The normalized spacial score (nSPS) is 15.3. The molecule has 1 saturated carbocycles. The standard InChI is InChI=1S/C11H13N5/c12-5-8-10(7-1-2-7)15-16-11(8)9-6-13-3-4-14-9/h3-4,6-7H,1-2,5,12H2,(H,15,16). The monoisotopic (exact) mass is 215 g/mol. The van der Waals surface area contributed by atoms with E-state index < -0.39 is 0 Å². The Labute approximate surface area is 93.1 Å². The minimum atomic E-state index is 0.494. The zero-order valence-electron chi connectivity index (χ0n) is 8.85. The van der Waals surface area contributed by atoms with Gasteiger partial charge in [0.2, 0.25) is 0 Å². The lowest BCUT2D eigenvalue weighted by Crippen LogP contribution is -2.01. The summed E-state index contributed by atoms with van der Waals surface area (Å²) in [4.78, 5) is 8.30. The van der Waals surface area contributed by atoms with Crippen molar-refractivity contribution >= 4 is 0 Å². The summed E-state index contributed by atoms with van der Waals surface area (Å²) in [5, 5.41) is 7.40. The van der Waals surface area contributed by atoms with Crippen LogP contribution in [0.2, 0.25) is 0 Å². The highest BCUT2D eigenvalue weighted by Gasteiger charge is 2.29. The molecule has 0 bridgehead atoms. The molecule has 0 aromatic carbocycles. The van der Waals surface area contributed by atoms with E-state index in [-0.39, 0.29) is 0 Å². The summed E-state index contributed by atoms with van der Waals surface area (Å²) < 4.78 is 0. The largest absolute Gasteiger partial charge is 0.326 e. The lowest BCUT2D eigenvalue weighted by Gasteiger charge is -2.00. The van der Waals surface area contributed by atoms with E-state index in [9.17, 15) is 0 Å². The number of nitrogens with one attached hydrogen (secondary N) is 1. The second-order valence-electron chi connectivity index (χ2n) is 4.03. The van der Waals surface area contributed by atoms with Crippen molar-refractivity contribution in [2.24, 2.45) is 5.73 Å². The van der Waals surface area contributed by atoms with Crippen LogP contribution < -0.4 is 5.73 Å². The third kappa shape index (κ3) is 1.49. The van der Waals surface area contributed by atoms with Gasteiger partial charge in [-0.2, -0.15) is 5.10 Å². The van der Waals surface area contributed by atoms with Crippen molar-refractivity contribution in [3.63, 3.8) is 0 Å². The van der Waals surface area contributed by atoms with Crippen LogP contribution in [0.25, 0.3) is 11.4 Å². The number of H-pyrrole nitrogens is 1. The molecule has 1 fully saturated rings. The third-order valence-corrected chi connectivity index (χ3v) is 2.89. The number of rotatable bonds is 3. The van der Waals surface area contributed by atoms with Crippen LogP contribution in [-0.2, 0) is 6.54 Å². The molecule has 16 heavy (non-hydrogen) atoms. The minimum Gasteiger partial charge on any atom is -0.326 e. The van der Waals surface area contributed by atoms with E-state index in [2.05, 4.69) is 20.2 Å². The van der Waals surface area contributed by atoms with Crippen LogP contribution in [0.15, 0.2) is 18.6 Å². The number of nitrogens with two attached hydrogens (primary N) is 1. The Morgan fingerprint density at radius 2 is 2.25 bits per heavy atom. The first kappa shape index (κ1) is 9.47. The zero-order chi connectivity index (χ0) is 11.0. The molecule has 5 heteroatoms. The van der Waals surface area contributed by atoms with Crippen LogP contribution >= 0.6 is 0 Å². The molecule has 3 N–H and O–H groups in total. The van der Waals surface area contributed by atoms with Crippen molar-refractivity contribution in [2.75, 3.05) is 0 Å². The molecule has 0 radical (unpaired) electrons. The van der Waals surface area contributed by atoms with E-state index in [1.165, 1.54) is 18.5 Å². The van der Waals surface area contributed by atoms with Crippen molar-refractivity contribution in [1.82, 2.24) is 20.2 Å². The van der Waals surface area contributed by atoms with Crippen molar-refractivity contribution in [3.8, 4) is 11.4 Å². The molecule has 1 aliphatic rings. The molecule has 0 aliphatic heterocycles. The molecule has 2 heterocycles. The summed E-state index contributed by atoms with van der Waals surface area (Å²) >= 11 is 0. The average molecular weight is 215 g/mol. The van der Waals surface area contributed by atoms with Gasteiger partial charge in [0.15, 0.2) is 0 Å². The first-order valence-corrected chi connectivity index (χ1v) is 5.43. The Bertz CT molecular complexity index is 486. The molecule has 1 aliphatic carbocycles. The number of nitrogens with zero attached hydrogens (tertiary/aromatic N) is 3. The first-order valence-electron chi connectivity index (χ1n) is 5.43. The van der Waals surface area contributed by atoms with E-state index in [1.54, 1.807) is 18.6 Å². The van der Waals surface area contributed by atoms with E-state index >= 15 is 0 Å². The summed E-state index contributed by atoms with van der Waals surface area (Å²) in [6, 6.07) is 0. The lowest BCUT2D eigenvalue weighted by molar-refractivity contribution is 0.938. The summed E-state index contributed by atoms with van der Waals surface area (Å²) in [6.45, 7) is 0.494. The summed E-state index contributed by atoms with van der Waals surface area (Å²) in [6.07, 6.45) is 7.50. The highest BCUT2D eigenvalue weighted by molar-refractivity contribution is 5.59. The van der Waals surface area contributed by atoms with Crippen LogP contribution in [0.1, 0.15) is 30.0 Å². The molecule has 0 unspecified atom stereocenters. The molecule has 0 atom stereocenters. The van der Waals surface area contributed by atoms with E-state index in [4.69, 9.17) is 5.73 Å². The van der Waals surface area contributed by atoms with Crippen molar-refractivity contribution in [3.05, 3.63) is 29.8 Å². The topological polar surface area (TPSA) is 80.5 Å². The highest BCUT2D eigenvalue weighted by Crippen LogP contribution is 2.42. The van der Waals surface area contributed by atoms with Gasteiger partial charge in [-0.15, -0.1) is 0 Å². The van der Waals surface area contributed by atoms with Gasteiger partial charge < -0.3 is 5.73 Å². The number of hydrogen-bond acceptors (Lipinski definition) is 4. The minimum absolute atomic E-state index is 0.494. The molecule has 82 valence electrons. The number of aromatic amines is 1. The number of hydrogen-bond donors (Lipinski definition) is 2. The van der Waals surface area contributed by atoms with Gasteiger partial charge in [-0.3, -0.25) is 15.1 Å². The van der Waals surface area contributed by atoms with E-state index in [0.29, 0.717) is 12.5 Å². The quantitative estimate of drug-likeness (QED) is 0.806. The van der Waals surface area contributed by atoms with Gasteiger partial charge in [0.05, 0.1) is 6.20 Å².